The van der Waals surface area contributed by atoms with Gasteiger partial charge in [0.25, 0.3) is 0 Å². The standard InChI is InChI=1S/C13H17ClN4OS/c1-10(11-4-5-12(14)20-11)17-13(19)15-6-2-8-18-9-3-7-16-18/h3-5,7,9-10H,2,6,8H2,1H3,(H2,15,17,19). The summed E-state index contributed by atoms with van der Waals surface area (Å²) in [6.07, 6.45) is 4.49. The van der Waals surface area contributed by atoms with E-state index < -0.39 is 0 Å². The van der Waals surface area contributed by atoms with Gasteiger partial charge >= 0.3 is 6.03 Å². The van der Waals surface area contributed by atoms with Gasteiger partial charge in [-0.3, -0.25) is 4.68 Å². The van der Waals surface area contributed by atoms with Crippen LogP contribution < -0.4 is 10.6 Å². The topological polar surface area (TPSA) is 59.0 Å². The van der Waals surface area contributed by atoms with E-state index in [0.29, 0.717) is 6.54 Å². The molecule has 0 aliphatic heterocycles. The van der Waals surface area contributed by atoms with Crippen LogP contribution in [0.4, 0.5) is 4.79 Å². The van der Waals surface area contributed by atoms with Crippen LogP contribution in [-0.2, 0) is 6.54 Å². The molecule has 0 spiro atoms. The van der Waals surface area contributed by atoms with Gasteiger partial charge in [0.1, 0.15) is 0 Å². The Morgan fingerprint density at radius 1 is 1.55 bits per heavy atom. The summed E-state index contributed by atoms with van der Waals surface area (Å²) < 4.78 is 2.57. The fourth-order valence-electron chi connectivity index (χ4n) is 1.76. The summed E-state index contributed by atoms with van der Waals surface area (Å²) in [6, 6.07) is 5.44. The monoisotopic (exact) mass is 312 g/mol. The molecule has 0 bridgehead atoms. The molecule has 20 heavy (non-hydrogen) atoms. The molecule has 0 saturated heterocycles. The minimum absolute atomic E-state index is 0.0429. The van der Waals surface area contributed by atoms with E-state index in [-0.39, 0.29) is 12.1 Å². The average Bonchev–Trinajstić information content (AvgIpc) is 3.06. The fourth-order valence-corrected chi connectivity index (χ4v) is 2.82. The van der Waals surface area contributed by atoms with Crippen molar-refractivity contribution in [1.29, 1.82) is 0 Å². The number of nitrogens with zero attached hydrogens (tertiary/aromatic N) is 2. The molecular formula is C13H17ClN4OS. The quantitative estimate of drug-likeness (QED) is 0.805. The van der Waals surface area contributed by atoms with Crippen LogP contribution in [0.15, 0.2) is 30.6 Å². The lowest BCUT2D eigenvalue weighted by Crippen LogP contribution is -2.37. The van der Waals surface area contributed by atoms with Gasteiger partial charge in [0.2, 0.25) is 0 Å². The molecule has 2 N–H and O–H groups in total. The highest BCUT2D eigenvalue weighted by molar-refractivity contribution is 7.16. The Morgan fingerprint density at radius 3 is 3.05 bits per heavy atom. The van der Waals surface area contributed by atoms with Crippen molar-refractivity contribution in [3.63, 3.8) is 0 Å². The van der Waals surface area contributed by atoms with Gasteiger partial charge in [0.05, 0.1) is 10.4 Å². The van der Waals surface area contributed by atoms with E-state index in [9.17, 15) is 4.79 Å². The number of amides is 2. The van der Waals surface area contributed by atoms with Crippen LogP contribution in [-0.4, -0.2) is 22.4 Å². The number of rotatable bonds is 6. The second-order valence-electron chi connectivity index (χ2n) is 4.39. The van der Waals surface area contributed by atoms with Gasteiger partial charge in [-0.05, 0) is 31.5 Å². The molecule has 5 nitrogen and oxygen atoms in total. The molecule has 0 saturated carbocycles. The van der Waals surface area contributed by atoms with Gasteiger partial charge in [0.15, 0.2) is 0 Å². The Labute approximate surface area is 126 Å². The molecule has 2 aromatic rings. The Morgan fingerprint density at radius 2 is 2.40 bits per heavy atom. The zero-order valence-corrected chi connectivity index (χ0v) is 12.7. The molecule has 2 aromatic heterocycles. The smallest absolute Gasteiger partial charge is 0.315 e. The highest BCUT2D eigenvalue weighted by Gasteiger charge is 2.10. The summed E-state index contributed by atoms with van der Waals surface area (Å²) in [6.45, 7) is 3.35. The number of urea groups is 1. The van der Waals surface area contributed by atoms with Crippen LogP contribution in [0, 0.1) is 0 Å². The van der Waals surface area contributed by atoms with Crippen molar-refractivity contribution >= 4 is 29.0 Å². The van der Waals surface area contributed by atoms with Gasteiger partial charge in [-0.15, -0.1) is 11.3 Å². The highest BCUT2D eigenvalue weighted by atomic mass is 35.5. The van der Waals surface area contributed by atoms with E-state index in [1.165, 1.54) is 11.3 Å². The molecule has 0 aliphatic rings. The first-order valence-corrected chi connectivity index (χ1v) is 7.61. The van der Waals surface area contributed by atoms with Gasteiger partial charge in [0, 0.05) is 30.4 Å². The van der Waals surface area contributed by atoms with Crippen LogP contribution >= 0.6 is 22.9 Å². The Kier molecular flexibility index (Phi) is 5.43. The SMILES string of the molecule is CC(NC(=O)NCCCn1cccn1)c1ccc(Cl)s1. The number of carbonyl (C=O) groups is 1. The van der Waals surface area contributed by atoms with Crippen molar-refractivity contribution in [2.75, 3.05) is 6.54 Å². The zero-order chi connectivity index (χ0) is 14.4. The maximum Gasteiger partial charge on any atom is 0.315 e. The van der Waals surface area contributed by atoms with E-state index in [2.05, 4.69) is 15.7 Å². The molecule has 108 valence electrons. The molecule has 0 radical (unpaired) electrons. The second-order valence-corrected chi connectivity index (χ2v) is 6.13. The van der Waals surface area contributed by atoms with Crippen molar-refractivity contribution in [2.24, 2.45) is 0 Å². The number of carbonyl (C=O) groups excluding carboxylic acids is 1. The van der Waals surface area contributed by atoms with Gasteiger partial charge in [-0.25, -0.2) is 4.79 Å². The van der Waals surface area contributed by atoms with Crippen LogP contribution in [0.5, 0.6) is 0 Å². The summed E-state index contributed by atoms with van der Waals surface area (Å²) in [5.74, 6) is 0. The normalized spacial score (nSPS) is 12.1. The van der Waals surface area contributed by atoms with E-state index in [0.717, 1.165) is 22.2 Å². The lowest BCUT2D eigenvalue weighted by Gasteiger charge is -2.13. The summed E-state index contributed by atoms with van der Waals surface area (Å²) in [5, 5.41) is 9.82. The number of halogens is 1. The number of hydrogen-bond acceptors (Lipinski definition) is 3. The van der Waals surface area contributed by atoms with E-state index in [1.807, 2.05) is 36.0 Å². The van der Waals surface area contributed by atoms with Crippen molar-refractivity contribution in [2.45, 2.75) is 25.9 Å². The van der Waals surface area contributed by atoms with E-state index >= 15 is 0 Å². The fraction of sp³-hybridized carbons (Fsp3) is 0.385. The molecule has 0 aliphatic carbocycles. The predicted octanol–water partition coefficient (Wildman–Crippen LogP) is 3.05. The minimum Gasteiger partial charge on any atom is -0.338 e. The zero-order valence-electron chi connectivity index (χ0n) is 11.2. The van der Waals surface area contributed by atoms with Crippen LogP contribution in [0.25, 0.3) is 0 Å². The summed E-state index contributed by atoms with van der Waals surface area (Å²) >= 11 is 7.35. The third-order valence-corrected chi connectivity index (χ3v) is 4.19. The third-order valence-electron chi connectivity index (χ3n) is 2.78. The molecule has 2 amide bonds. The molecule has 7 heteroatoms. The van der Waals surface area contributed by atoms with Crippen molar-refractivity contribution in [3.05, 3.63) is 39.8 Å². The summed E-state index contributed by atoms with van der Waals surface area (Å²) in [5.41, 5.74) is 0. The first-order chi connectivity index (χ1) is 9.65. The number of aryl methyl sites for hydroxylation is 1. The first kappa shape index (κ1) is 14.9. The maximum absolute atomic E-state index is 11.7. The molecule has 0 fully saturated rings. The number of aromatic nitrogens is 2. The predicted molar refractivity (Wildman–Crippen MR) is 81.1 cm³/mol. The Hall–Kier alpha value is -1.53. The summed E-state index contributed by atoms with van der Waals surface area (Å²) in [4.78, 5) is 12.8. The highest BCUT2D eigenvalue weighted by Crippen LogP contribution is 2.26. The second kappa shape index (κ2) is 7.31. The summed E-state index contributed by atoms with van der Waals surface area (Å²) in [7, 11) is 0. The van der Waals surface area contributed by atoms with Crippen molar-refractivity contribution < 1.29 is 4.79 Å². The van der Waals surface area contributed by atoms with Gasteiger partial charge in [-0.2, -0.15) is 5.10 Å². The molecule has 1 unspecified atom stereocenters. The van der Waals surface area contributed by atoms with Gasteiger partial charge in [-0.1, -0.05) is 11.6 Å². The minimum atomic E-state index is -0.164. The van der Waals surface area contributed by atoms with Crippen LogP contribution in [0.2, 0.25) is 4.34 Å². The lowest BCUT2D eigenvalue weighted by molar-refractivity contribution is 0.237. The molecule has 2 rings (SSSR count). The maximum atomic E-state index is 11.7. The lowest BCUT2D eigenvalue weighted by atomic mass is 10.3. The first-order valence-electron chi connectivity index (χ1n) is 6.42. The van der Waals surface area contributed by atoms with Crippen LogP contribution in [0.3, 0.4) is 0 Å². The Bertz CT molecular complexity index is 540. The third kappa shape index (κ3) is 4.54. The van der Waals surface area contributed by atoms with Gasteiger partial charge < -0.3 is 10.6 Å². The Balaban J connectivity index is 1.65. The van der Waals surface area contributed by atoms with E-state index in [4.69, 9.17) is 11.6 Å². The average molecular weight is 313 g/mol. The number of hydrogen-bond donors (Lipinski definition) is 2. The molecule has 1 atom stereocenters. The van der Waals surface area contributed by atoms with Crippen molar-refractivity contribution in [3.8, 4) is 0 Å². The van der Waals surface area contributed by atoms with Crippen LogP contribution in [0.1, 0.15) is 24.3 Å². The van der Waals surface area contributed by atoms with E-state index in [1.54, 1.807) is 6.20 Å². The molecular weight excluding hydrogens is 296 g/mol. The number of nitrogens with one attached hydrogen (secondary N) is 2. The largest absolute Gasteiger partial charge is 0.338 e. The molecule has 0 aromatic carbocycles. The van der Waals surface area contributed by atoms with Crippen molar-refractivity contribution in [1.82, 2.24) is 20.4 Å². The number of thiophene rings is 1. The molecule has 2 heterocycles.